The molecule has 2 aliphatic rings. The van der Waals surface area contributed by atoms with Crippen LogP contribution < -0.4 is 0 Å². The monoisotopic (exact) mass is 243 g/mol. The lowest BCUT2D eigenvalue weighted by molar-refractivity contribution is -0.157. The van der Waals surface area contributed by atoms with Crippen LogP contribution in [0.2, 0.25) is 0 Å². The van der Waals surface area contributed by atoms with Crippen molar-refractivity contribution in [2.45, 2.75) is 42.8 Å². The Hall–Kier alpha value is -1.37. The quantitative estimate of drug-likeness (QED) is 0.863. The lowest BCUT2D eigenvalue weighted by atomic mass is 9.58. The Bertz CT molecular complexity index is 513. The van der Waals surface area contributed by atoms with Crippen molar-refractivity contribution >= 4 is 0 Å². The summed E-state index contributed by atoms with van der Waals surface area (Å²) in [6, 6.07) is 10.4. The number of hydrogen-bond acceptors (Lipinski definition) is 3. The summed E-state index contributed by atoms with van der Waals surface area (Å²) in [5, 5.41) is 20.5. The Kier molecular flexibility index (Phi) is 2.48. The summed E-state index contributed by atoms with van der Waals surface area (Å²) in [5.74, 6) is 0. The van der Waals surface area contributed by atoms with Gasteiger partial charge in [0.2, 0.25) is 0 Å². The number of ether oxygens (including phenoxy) is 1. The highest BCUT2D eigenvalue weighted by Crippen LogP contribution is 2.54. The number of nitrogens with zero attached hydrogens (tertiary/aromatic N) is 1. The maximum atomic E-state index is 10.8. The highest BCUT2D eigenvalue weighted by Gasteiger charge is 2.61. The number of hydrogen-bond donors (Lipinski definition) is 1. The number of aryl methyl sites for hydroxylation is 1. The first-order chi connectivity index (χ1) is 8.65. The minimum absolute atomic E-state index is 0.0907. The topological polar surface area (TPSA) is 53.2 Å². The molecule has 1 saturated carbocycles. The van der Waals surface area contributed by atoms with Crippen molar-refractivity contribution in [1.82, 2.24) is 0 Å². The van der Waals surface area contributed by atoms with E-state index in [1.807, 2.05) is 18.2 Å². The fourth-order valence-electron chi connectivity index (χ4n) is 3.52. The molecule has 0 saturated heterocycles. The van der Waals surface area contributed by atoms with Gasteiger partial charge in [-0.1, -0.05) is 24.3 Å². The third-order valence-corrected chi connectivity index (χ3v) is 4.70. The first-order valence-electron chi connectivity index (χ1n) is 6.40. The van der Waals surface area contributed by atoms with E-state index in [0.717, 1.165) is 18.4 Å². The average molecular weight is 243 g/mol. The van der Waals surface area contributed by atoms with Crippen molar-refractivity contribution in [3.8, 4) is 6.07 Å². The van der Waals surface area contributed by atoms with E-state index >= 15 is 0 Å². The van der Waals surface area contributed by atoms with Crippen molar-refractivity contribution < 1.29 is 9.84 Å². The summed E-state index contributed by atoms with van der Waals surface area (Å²) in [4.78, 5) is 0. The smallest absolute Gasteiger partial charge is 0.112 e. The van der Waals surface area contributed by atoms with E-state index in [4.69, 9.17) is 4.74 Å². The maximum absolute atomic E-state index is 10.8. The first kappa shape index (κ1) is 11.7. The van der Waals surface area contributed by atoms with Crippen LogP contribution in [-0.4, -0.2) is 23.9 Å². The van der Waals surface area contributed by atoms with Crippen LogP contribution in [0.15, 0.2) is 24.3 Å². The molecule has 1 aromatic carbocycles. The third-order valence-electron chi connectivity index (χ3n) is 4.70. The number of benzene rings is 1. The van der Waals surface area contributed by atoms with Crippen LogP contribution in [-0.2, 0) is 16.6 Å². The Morgan fingerprint density at radius 1 is 1.39 bits per heavy atom. The van der Waals surface area contributed by atoms with Crippen LogP contribution in [0.3, 0.4) is 0 Å². The van der Waals surface area contributed by atoms with Gasteiger partial charge in [-0.3, -0.25) is 0 Å². The fourth-order valence-corrected chi connectivity index (χ4v) is 3.52. The molecule has 0 aliphatic heterocycles. The third kappa shape index (κ3) is 1.31. The Labute approximate surface area is 107 Å². The zero-order valence-electron chi connectivity index (χ0n) is 10.5. The van der Waals surface area contributed by atoms with E-state index < -0.39 is 11.0 Å². The number of nitriles is 1. The van der Waals surface area contributed by atoms with Crippen molar-refractivity contribution in [2.24, 2.45) is 0 Å². The molecule has 0 bridgehead atoms. The summed E-state index contributed by atoms with van der Waals surface area (Å²) in [5.41, 5.74) is 0.561. The standard InChI is InChI=1S/C15H17NO2/c1-18-12-8-15(17,9-12)14(10-16)7-6-11-4-2-3-5-13(11)14/h2-5,12,17H,6-9H2,1H3. The van der Waals surface area contributed by atoms with E-state index in [-0.39, 0.29) is 6.10 Å². The van der Waals surface area contributed by atoms with Gasteiger partial charge in [-0.2, -0.15) is 5.26 Å². The normalized spacial score (nSPS) is 37.7. The molecule has 2 aliphatic carbocycles. The molecule has 1 N–H and O–H groups in total. The van der Waals surface area contributed by atoms with Crippen LogP contribution in [0.1, 0.15) is 30.4 Å². The molecule has 1 fully saturated rings. The first-order valence-corrected chi connectivity index (χ1v) is 6.40. The van der Waals surface area contributed by atoms with Crippen LogP contribution >= 0.6 is 0 Å². The van der Waals surface area contributed by atoms with Gasteiger partial charge in [0.05, 0.1) is 17.8 Å². The van der Waals surface area contributed by atoms with Gasteiger partial charge >= 0.3 is 0 Å². The number of rotatable bonds is 2. The second-order valence-corrected chi connectivity index (χ2v) is 5.47. The summed E-state index contributed by atoms with van der Waals surface area (Å²) in [7, 11) is 1.66. The summed E-state index contributed by atoms with van der Waals surface area (Å²) >= 11 is 0. The second kappa shape index (κ2) is 3.81. The number of aliphatic hydroxyl groups is 1. The van der Waals surface area contributed by atoms with Crippen LogP contribution in [0.4, 0.5) is 0 Å². The van der Waals surface area contributed by atoms with Gasteiger partial charge < -0.3 is 9.84 Å². The van der Waals surface area contributed by atoms with Gasteiger partial charge in [0, 0.05) is 20.0 Å². The molecule has 94 valence electrons. The molecule has 0 amide bonds. The molecule has 3 heteroatoms. The average Bonchev–Trinajstić information content (AvgIpc) is 2.75. The van der Waals surface area contributed by atoms with Crippen molar-refractivity contribution in [2.75, 3.05) is 7.11 Å². The van der Waals surface area contributed by atoms with E-state index in [2.05, 4.69) is 12.1 Å². The SMILES string of the molecule is COC1CC(O)(C2(C#N)CCc3ccccc32)C1. The summed E-state index contributed by atoms with van der Waals surface area (Å²) in [6.07, 6.45) is 2.81. The van der Waals surface area contributed by atoms with Gasteiger partial charge in [0.25, 0.3) is 0 Å². The van der Waals surface area contributed by atoms with E-state index in [9.17, 15) is 10.4 Å². The summed E-state index contributed by atoms with van der Waals surface area (Å²) < 4.78 is 5.25. The van der Waals surface area contributed by atoms with Gasteiger partial charge in [-0.05, 0) is 24.0 Å². The molecule has 18 heavy (non-hydrogen) atoms. The molecule has 1 aromatic rings. The van der Waals surface area contributed by atoms with Gasteiger partial charge in [0.15, 0.2) is 0 Å². The Balaban J connectivity index is 2.02. The lowest BCUT2D eigenvalue weighted by Gasteiger charge is -2.51. The van der Waals surface area contributed by atoms with E-state index in [1.165, 1.54) is 5.56 Å². The molecule has 3 rings (SSSR count). The fraction of sp³-hybridized carbons (Fsp3) is 0.533. The summed E-state index contributed by atoms with van der Waals surface area (Å²) in [6.45, 7) is 0. The molecule has 0 spiro atoms. The van der Waals surface area contributed by atoms with E-state index in [0.29, 0.717) is 12.8 Å². The Morgan fingerprint density at radius 3 is 2.78 bits per heavy atom. The second-order valence-electron chi connectivity index (χ2n) is 5.47. The highest BCUT2D eigenvalue weighted by molar-refractivity contribution is 5.48. The molecule has 0 radical (unpaired) electrons. The van der Waals surface area contributed by atoms with Crippen LogP contribution in [0, 0.1) is 11.3 Å². The van der Waals surface area contributed by atoms with E-state index in [1.54, 1.807) is 7.11 Å². The van der Waals surface area contributed by atoms with Gasteiger partial charge in [0.1, 0.15) is 5.41 Å². The number of fused-ring (bicyclic) bond motifs is 1. The highest BCUT2D eigenvalue weighted by atomic mass is 16.5. The van der Waals surface area contributed by atoms with Gasteiger partial charge in [-0.25, -0.2) is 0 Å². The zero-order chi connectivity index (χ0) is 12.8. The molecular formula is C15H17NO2. The largest absolute Gasteiger partial charge is 0.388 e. The Morgan fingerprint density at radius 2 is 2.11 bits per heavy atom. The molecule has 3 nitrogen and oxygen atoms in total. The van der Waals surface area contributed by atoms with Crippen LogP contribution in [0.5, 0.6) is 0 Å². The van der Waals surface area contributed by atoms with Crippen molar-refractivity contribution in [1.29, 1.82) is 5.26 Å². The van der Waals surface area contributed by atoms with Crippen LogP contribution in [0.25, 0.3) is 0 Å². The predicted octanol–water partition coefficient (Wildman–Crippen LogP) is 1.93. The lowest BCUT2D eigenvalue weighted by Crippen LogP contribution is -2.60. The maximum Gasteiger partial charge on any atom is 0.112 e. The molecule has 0 aromatic heterocycles. The molecule has 1 atom stereocenters. The minimum atomic E-state index is -0.922. The van der Waals surface area contributed by atoms with Gasteiger partial charge in [-0.15, -0.1) is 0 Å². The van der Waals surface area contributed by atoms with Crippen molar-refractivity contribution in [3.63, 3.8) is 0 Å². The molecular weight excluding hydrogens is 226 g/mol. The predicted molar refractivity (Wildman–Crippen MR) is 67.0 cm³/mol. The van der Waals surface area contributed by atoms with Crippen molar-refractivity contribution in [3.05, 3.63) is 35.4 Å². The zero-order valence-corrected chi connectivity index (χ0v) is 10.5. The molecule has 0 heterocycles. The molecule has 1 unspecified atom stereocenters. The number of methoxy groups -OCH3 is 1. The minimum Gasteiger partial charge on any atom is -0.388 e.